The smallest absolute Gasteiger partial charge is 0.307 e. The number of amides is 1. The van der Waals surface area contributed by atoms with Crippen molar-refractivity contribution in [3.05, 3.63) is 11.9 Å². The minimum Gasteiger partial charge on any atom is -0.469 e. The molecule has 0 atom stereocenters. The summed E-state index contributed by atoms with van der Waals surface area (Å²) in [7, 11) is 2.92. The molecular formula is C8H11N3O3S. The van der Waals surface area contributed by atoms with E-state index in [2.05, 4.69) is 13.5 Å². The number of nitrogens with zero attached hydrogens (tertiary/aromatic N) is 3. The maximum atomic E-state index is 11.6. The quantitative estimate of drug-likeness (QED) is 0.688. The maximum Gasteiger partial charge on any atom is 0.307 e. The number of rotatable bonds is 4. The summed E-state index contributed by atoms with van der Waals surface area (Å²) in [5, 5.41) is 0. The Bertz CT molecular complexity index is 339. The SMILES string of the molecule is COC(=O)CCN(C)C(=O)c1cnsn1. The summed E-state index contributed by atoms with van der Waals surface area (Å²) in [4.78, 5) is 23.8. The molecule has 0 aliphatic carbocycles. The second-order valence-corrected chi connectivity index (χ2v) is 3.40. The number of hydrogen-bond acceptors (Lipinski definition) is 6. The van der Waals surface area contributed by atoms with Gasteiger partial charge in [0.15, 0.2) is 5.69 Å². The summed E-state index contributed by atoms with van der Waals surface area (Å²) in [5.41, 5.74) is 0.298. The van der Waals surface area contributed by atoms with Gasteiger partial charge in [-0.05, 0) is 0 Å². The molecule has 0 aliphatic heterocycles. The zero-order valence-electron chi connectivity index (χ0n) is 8.47. The third kappa shape index (κ3) is 3.28. The van der Waals surface area contributed by atoms with E-state index in [0.717, 1.165) is 11.7 Å². The van der Waals surface area contributed by atoms with Crippen LogP contribution in [-0.4, -0.2) is 46.2 Å². The second kappa shape index (κ2) is 5.40. The van der Waals surface area contributed by atoms with Crippen LogP contribution in [0.3, 0.4) is 0 Å². The van der Waals surface area contributed by atoms with E-state index in [9.17, 15) is 9.59 Å². The first-order valence-corrected chi connectivity index (χ1v) is 4.98. The molecule has 0 bridgehead atoms. The zero-order valence-corrected chi connectivity index (χ0v) is 9.28. The standard InChI is InChI=1S/C8H11N3O3S/c1-11(4-3-7(12)14-2)8(13)6-5-9-15-10-6/h5H,3-4H2,1-2H3. The lowest BCUT2D eigenvalue weighted by molar-refractivity contribution is -0.140. The maximum absolute atomic E-state index is 11.6. The molecule has 1 amide bonds. The lowest BCUT2D eigenvalue weighted by Gasteiger charge is -2.14. The van der Waals surface area contributed by atoms with Crippen molar-refractivity contribution in [2.45, 2.75) is 6.42 Å². The van der Waals surface area contributed by atoms with Crippen molar-refractivity contribution in [2.75, 3.05) is 20.7 Å². The molecule has 0 aromatic carbocycles. The molecule has 15 heavy (non-hydrogen) atoms. The topological polar surface area (TPSA) is 72.4 Å². The monoisotopic (exact) mass is 229 g/mol. The predicted octanol–water partition coefficient (Wildman–Crippen LogP) is 0.173. The van der Waals surface area contributed by atoms with E-state index >= 15 is 0 Å². The lowest BCUT2D eigenvalue weighted by atomic mass is 10.3. The lowest BCUT2D eigenvalue weighted by Crippen LogP contribution is -2.29. The van der Waals surface area contributed by atoms with Gasteiger partial charge in [0.05, 0.1) is 31.5 Å². The summed E-state index contributed by atoms with van der Waals surface area (Å²) in [6, 6.07) is 0. The molecule has 0 unspecified atom stereocenters. The molecule has 0 saturated heterocycles. The Balaban J connectivity index is 2.44. The molecule has 0 aliphatic rings. The highest BCUT2D eigenvalue weighted by Crippen LogP contribution is 2.01. The third-order valence-electron chi connectivity index (χ3n) is 1.81. The Labute approximate surface area is 91.2 Å². The number of carbonyl (C=O) groups excluding carboxylic acids is 2. The average Bonchev–Trinajstić information content (AvgIpc) is 2.77. The van der Waals surface area contributed by atoms with Gasteiger partial charge < -0.3 is 9.64 Å². The first-order valence-electron chi connectivity index (χ1n) is 4.25. The van der Waals surface area contributed by atoms with Crippen LogP contribution < -0.4 is 0 Å². The molecule has 82 valence electrons. The Morgan fingerprint density at radius 1 is 1.60 bits per heavy atom. The van der Waals surface area contributed by atoms with Crippen LogP contribution in [0.2, 0.25) is 0 Å². The molecule has 7 heteroatoms. The van der Waals surface area contributed by atoms with Gasteiger partial charge in [0, 0.05) is 13.6 Å². The van der Waals surface area contributed by atoms with E-state index in [1.807, 2.05) is 0 Å². The number of aromatic nitrogens is 2. The Hall–Kier alpha value is -1.50. The van der Waals surface area contributed by atoms with Crippen LogP contribution in [0.1, 0.15) is 16.9 Å². The summed E-state index contributed by atoms with van der Waals surface area (Å²) in [6.45, 7) is 0.309. The molecule has 0 fully saturated rings. The van der Waals surface area contributed by atoms with Crippen LogP contribution in [0.15, 0.2) is 6.20 Å². The average molecular weight is 229 g/mol. The van der Waals surface area contributed by atoms with Crippen molar-refractivity contribution in [2.24, 2.45) is 0 Å². The van der Waals surface area contributed by atoms with Gasteiger partial charge >= 0.3 is 5.97 Å². The highest BCUT2D eigenvalue weighted by Gasteiger charge is 2.15. The molecule has 1 aromatic heterocycles. The van der Waals surface area contributed by atoms with E-state index in [1.165, 1.54) is 18.2 Å². The van der Waals surface area contributed by atoms with Gasteiger partial charge in [-0.2, -0.15) is 8.75 Å². The summed E-state index contributed by atoms with van der Waals surface area (Å²) >= 11 is 0.975. The van der Waals surface area contributed by atoms with Crippen molar-refractivity contribution in [3.63, 3.8) is 0 Å². The minimum absolute atomic E-state index is 0.177. The Morgan fingerprint density at radius 2 is 2.33 bits per heavy atom. The molecule has 0 spiro atoms. The van der Waals surface area contributed by atoms with E-state index < -0.39 is 0 Å². The predicted molar refractivity (Wildman–Crippen MR) is 53.5 cm³/mol. The summed E-state index contributed by atoms with van der Waals surface area (Å²) in [6.07, 6.45) is 1.58. The fourth-order valence-corrected chi connectivity index (χ4v) is 1.32. The van der Waals surface area contributed by atoms with E-state index in [-0.39, 0.29) is 18.3 Å². The number of ether oxygens (including phenoxy) is 1. The number of esters is 1. The first-order chi connectivity index (χ1) is 7.15. The Morgan fingerprint density at radius 3 is 2.87 bits per heavy atom. The van der Waals surface area contributed by atoms with Gasteiger partial charge in [-0.25, -0.2) is 0 Å². The zero-order chi connectivity index (χ0) is 11.3. The van der Waals surface area contributed by atoms with Gasteiger partial charge in [-0.1, -0.05) is 0 Å². The summed E-state index contributed by atoms with van der Waals surface area (Å²) in [5.74, 6) is -0.585. The van der Waals surface area contributed by atoms with E-state index in [0.29, 0.717) is 12.2 Å². The molecule has 1 heterocycles. The van der Waals surface area contributed by atoms with Crippen LogP contribution in [0, 0.1) is 0 Å². The van der Waals surface area contributed by atoms with Crippen molar-refractivity contribution in [1.82, 2.24) is 13.6 Å². The fourth-order valence-electron chi connectivity index (χ4n) is 0.917. The Kier molecular flexibility index (Phi) is 4.17. The second-order valence-electron chi connectivity index (χ2n) is 2.85. The summed E-state index contributed by atoms with van der Waals surface area (Å²) < 4.78 is 12.0. The van der Waals surface area contributed by atoms with Crippen LogP contribution in [0.5, 0.6) is 0 Å². The molecular weight excluding hydrogens is 218 g/mol. The van der Waals surface area contributed by atoms with Gasteiger partial charge in [0.1, 0.15) is 0 Å². The van der Waals surface area contributed by atoms with Crippen LogP contribution in [0.25, 0.3) is 0 Å². The van der Waals surface area contributed by atoms with Gasteiger partial charge in [-0.3, -0.25) is 9.59 Å². The molecule has 0 N–H and O–H groups in total. The van der Waals surface area contributed by atoms with Gasteiger partial charge in [0.25, 0.3) is 5.91 Å². The minimum atomic E-state index is -0.342. The normalized spacial score (nSPS) is 9.73. The largest absolute Gasteiger partial charge is 0.469 e. The van der Waals surface area contributed by atoms with Crippen LogP contribution in [-0.2, 0) is 9.53 Å². The van der Waals surface area contributed by atoms with Crippen molar-refractivity contribution in [3.8, 4) is 0 Å². The highest BCUT2D eigenvalue weighted by molar-refractivity contribution is 6.99. The molecule has 1 aromatic rings. The number of hydrogen-bond donors (Lipinski definition) is 0. The van der Waals surface area contributed by atoms with E-state index in [4.69, 9.17) is 0 Å². The molecule has 1 rings (SSSR count). The number of methoxy groups -OCH3 is 1. The molecule has 6 nitrogen and oxygen atoms in total. The molecule has 0 saturated carbocycles. The highest BCUT2D eigenvalue weighted by atomic mass is 32.1. The van der Waals surface area contributed by atoms with Crippen molar-refractivity contribution < 1.29 is 14.3 Å². The fraction of sp³-hybridized carbons (Fsp3) is 0.500. The number of carbonyl (C=O) groups is 2. The van der Waals surface area contributed by atoms with E-state index in [1.54, 1.807) is 7.05 Å². The third-order valence-corrected chi connectivity index (χ3v) is 2.28. The first kappa shape index (κ1) is 11.6. The van der Waals surface area contributed by atoms with Crippen molar-refractivity contribution in [1.29, 1.82) is 0 Å². The van der Waals surface area contributed by atoms with Crippen molar-refractivity contribution >= 4 is 23.6 Å². The van der Waals surface area contributed by atoms with Crippen LogP contribution in [0.4, 0.5) is 0 Å². The van der Waals surface area contributed by atoms with Gasteiger partial charge in [-0.15, -0.1) is 0 Å². The molecule has 0 radical (unpaired) electrons. The van der Waals surface area contributed by atoms with Gasteiger partial charge in [0.2, 0.25) is 0 Å². The van der Waals surface area contributed by atoms with Crippen LogP contribution >= 0.6 is 11.7 Å².